The molecule has 7 aromatic rings. The van der Waals surface area contributed by atoms with Crippen LogP contribution in [0.2, 0.25) is 0 Å². The summed E-state index contributed by atoms with van der Waals surface area (Å²) < 4.78 is 56.1. The molecule has 0 aliphatic rings. The summed E-state index contributed by atoms with van der Waals surface area (Å²) >= 11 is 0. The molecule has 50 heavy (non-hydrogen) atoms. The van der Waals surface area contributed by atoms with Crippen LogP contribution in [-0.2, 0) is 0 Å². The molecule has 12 heteroatoms. The molecule has 0 spiro atoms. The SMILES string of the molecule is N#CC(N)=c1c2nc(-c3ccc(F)cc3)c(-c3ccc(F)cc3)nc2c(=C(N)C#N)c2nc(-c3ccc(F)cc3)c(-c3ccc(F)cc3)nc12. The third-order valence-electron chi connectivity index (χ3n) is 7.99. The van der Waals surface area contributed by atoms with Gasteiger partial charge in [0.25, 0.3) is 0 Å². The molecular weight excluding hydrogens is 644 g/mol. The predicted molar refractivity (Wildman–Crippen MR) is 180 cm³/mol. The largest absolute Gasteiger partial charge is 0.390 e. The molecule has 7 rings (SSSR count). The standard InChI is InChI=1S/C38H20F4N8/c39-23-9-1-19(2-10-23)31-32(20-3-11-24(40)12-4-20)48-36-30(28(46)18-44)38-37(29(27(45)17-43)35(36)47-31)49-33(21-5-13-25(41)14-6-21)34(50-38)22-7-15-26(42)16-8-22/h1-16H,45-46H2. The number of halogens is 4. The molecule has 0 amide bonds. The normalized spacial score (nSPS) is 10.9. The Morgan fingerprint density at radius 2 is 0.600 bits per heavy atom. The molecule has 8 nitrogen and oxygen atoms in total. The first-order chi connectivity index (χ1) is 24.2. The van der Waals surface area contributed by atoms with Crippen molar-refractivity contribution in [3.63, 3.8) is 0 Å². The Kier molecular flexibility index (Phi) is 7.82. The molecular formula is C38H20F4N8. The minimum atomic E-state index is -0.501. The molecule has 0 bridgehead atoms. The second-order valence-corrected chi connectivity index (χ2v) is 11.1. The summed E-state index contributed by atoms with van der Waals surface area (Å²) in [6.07, 6.45) is 0. The van der Waals surface area contributed by atoms with Crippen molar-refractivity contribution in [3.8, 4) is 57.2 Å². The van der Waals surface area contributed by atoms with E-state index in [4.69, 9.17) is 31.4 Å². The van der Waals surface area contributed by atoms with Crippen molar-refractivity contribution in [2.45, 2.75) is 0 Å². The summed E-state index contributed by atoms with van der Waals surface area (Å²) in [6.45, 7) is 0. The summed E-state index contributed by atoms with van der Waals surface area (Å²) in [5.41, 5.74) is 14.7. The fraction of sp³-hybridized carbons (Fsp3) is 0. The van der Waals surface area contributed by atoms with E-state index in [0.717, 1.165) is 0 Å². The van der Waals surface area contributed by atoms with E-state index in [0.29, 0.717) is 22.3 Å². The molecule has 0 saturated heterocycles. The lowest BCUT2D eigenvalue weighted by molar-refractivity contribution is 0.627. The number of hydrogen-bond donors (Lipinski definition) is 2. The second kappa shape index (κ2) is 12.4. The average Bonchev–Trinajstić information content (AvgIpc) is 3.13. The Labute approximate surface area is 280 Å². The van der Waals surface area contributed by atoms with Crippen LogP contribution in [0, 0.1) is 45.9 Å². The van der Waals surface area contributed by atoms with Gasteiger partial charge in [0.1, 0.15) is 68.9 Å². The van der Waals surface area contributed by atoms with Gasteiger partial charge in [0.2, 0.25) is 0 Å². The Balaban J connectivity index is 1.74. The fourth-order valence-corrected chi connectivity index (χ4v) is 5.65. The Morgan fingerprint density at radius 1 is 0.400 bits per heavy atom. The second-order valence-electron chi connectivity index (χ2n) is 11.1. The lowest BCUT2D eigenvalue weighted by atomic mass is 10.0. The van der Waals surface area contributed by atoms with E-state index in [2.05, 4.69) is 0 Å². The van der Waals surface area contributed by atoms with Crippen LogP contribution in [0.15, 0.2) is 97.1 Å². The molecule has 0 unspecified atom stereocenters. The van der Waals surface area contributed by atoms with E-state index in [1.807, 2.05) is 12.1 Å². The number of hydrogen-bond acceptors (Lipinski definition) is 8. The number of aromatic nitrogens is 4. The number of nitriles is 2. The van der Waals surface area contributed by atoms with Crippen molar-refractivity contribution in [2.24, 2.45) is 11.5 Å². The molecule has 240 valence electrons. The zero-order valence-corrected chi connectivity index (χ0v) is 25.6. The Bertz CT molecular complexity index is 2350. The van der Waals surface area contributed by atoms with E-state index >= 15 is 0 Å². The summed E-state index contributed by atoms with van der Waals surface area (Å²) in [4.78, 5) is 19.6. The smallest absolute Gasteiger partial charge is 0.123 e. The van der Waals surface area contributed by atoms with Crippen molar-refractivity contribution in [3.05, 3.63) is 131 Å². The number of nitrogens with zero attached hydrogens (tertiary/aromatic N) is 6. The maximum Gasteiger partial charge on any atom is 0.123 e. The fourth-order valence-electron chi connectivity index (χ4n) is 5.65. The molecule has 0 fully saturated rings. The first-order valence-corrected chi connectivity index (χ1v) is 14.9. The van der Waals surface area contributed by atoms with Crippen LogP contribution in [0.1, 0.15) is 0 Å². The van der Waals surface area contributed by atoms with Crippen LogP contribution >= 0.6 is 0 Å². The first kappa shape index (κ1) is 31.4. The zero-order chi connectivity index (χ0) is 35.1. The van der Waals surface area contributed by atoms with Gasteiger partial charge in [-0.1, -0.05) is 0 Å². The molecule has 0 radical (unpaired) electrons. The summed E-state index contributed by atoms with van der Waals surface area (Å²) in [7, 11) is 0. The van der Waals surface area contributed by atoms with E-state index in [-0.39, 0.29) is 66.7 Å². The lowest BCUT2D eigenvalue weighted by Crippen LogP contribution is -2.27. The van der Waals surface area contributed by atoms with Gasteiger partial charge >= 0.3 is 0 Å². The van der Waals surface area contributed by atoms with Gasteiger partial charge in [0.05, 0.1) is 33.2 Å². The van der Waals surface area contributed by atoms with Crippen molar-refractivity contribution in [1.82, 2.24) is 19.9 Å². The summed E-state index contributed by atoms with van der Waals surface area (Å²) in [5, 5.41) is 20.3. The molecule has 2 heterocycles. The number of rotatable bonds is 4. The van der Waals surface area contributed by atoms with Gasteiger partial charge < -0.3 is 11.5 Å². The highest BCUT2D eigenvalue weighted by Crippen LogP contribution is 2.33. The minimum absolute atomic E-state index is 0.00928. The van der Waals surface area contributed by atoms with Crippen LogP contribution < -0.4 is 21.9 Å². The highest BCUT2D eigenvalue weighted by atomic mass is 19.1. The van der Waals surface area contributed by atoms with E-state index in [1.165, 1.54) is 97.1 Å². The molecule has 0 aliphatic heterocycles. The highest BCUT2D eigenvalue weighted by molar-refractivity contribution is 6.01. The van der Waals surface area contributed by atoms with Gasteiger partial charge in [-0.15, -0.1) is 0 Å². The summed E-state index contributed by atoms with van der Waals surface area (Å²) in [5.74, 6) is -2.00. The average molecular weight is 665 g/mol. The first-order valence-electron chi connectivity index (χ1n) is 14.9. The molecule has 0 saturated carbocycles. The van der Waals surface area contributed by atoms with Gasteiger partial charge in [-0.2, -0.15) is 10.5 Å². The number of fused-ring (bicyclic) bond motifs is 2. The third-order valence-corrected chi connectivity index (χ3v) is 7.99. The van der Waals surface area contributed by atoms with Crippen molar-refractivity contribution < 1.29 is 17.6 Å². The molecule has 0 aliphatic carbocycles. The Morgan fingerprint density at radius 3 is 0.780 bits per heavy atom. The van der Waals surface area contributed by atoms with Crippen LogP contribution in [0.3, 0.4) is 0 Å². The van der Waals surface area contributed by atoms with Crippen LogP contribution in [0.5, 0.6) is 0 Å². The van der Waals surface area contributed by atoms with Crippen LogP contribution in [0.25, 0.3) is 78.5 Å². The molecule has 4 N–H and O–H groups in total. The topological polar surface area (TPSA) is 151 Å². The third kappa shape index (κ3) is 5.47. The van der Waals surface area contributed by atoms with Crippen molar-refractivity contribution >= 4 is 33.5 Å². The number of benzene rings is 5. The monoisotopic (exact) mass is 664 g/mol. The van der Waals surface area contributed by atoms with Gasteiger partial charge in [-0.3, -0.25) is 0 Å². The quantitative estimate of drug-likeness (QED) is 0.172. The highest BCUT2D eigenvalue weighted by Gasteiger charge is 2.23. The van der Waals surface area contributed by atoms with E-state index in [1.54, 1.807) is 0 Å². The van der Waals surface area contributed by atoms with Crippen molar-refractivity contribution in [2.75, 3.05) is 0 Å². The van der Waals surface area contributed by atoms with Crippen LogP contribution in [-0.4, -0.2) is 19.9 Å². The van der Waals surface area contributed by atoms with Gasteiger partial charge in [-0.25, -0.2) is 37.5 Å². The van der Waals surface area contributed by atoms with Gasteiger partial charge in [0.15, 0.2) is 0 Å². The zero-order valence-electron chi connectivity index (χ0n) is 25.6. The maximum absolute atomic E-state index is 14.0. The Hall–Kier alpha value is -7.18. The maximum atomic E-state index is 14.0. The lowest BCUT2D eigenvalue weighted by Gasteiger charge is -2.15. The molecule has 2 aromatic heterocycles. The van der Waals surface area contributed by atoms with Crippen molar-refractivity contribution in [1.29, 1.82) is 10.5 Å². The van der Waals surface area contributed by atoms with Gasteiger partial charge in [0, 0.05) is 22.3 Å². The molecule has 5 aromatic carbocycles. The molecule has 0 atom stereocenters. The van der Waals surface area contributed by atoms with Crippen LogP contribution in [0.4, 0.5) is 17.6 Å². The summed E-state index contributed by atoms with van der Waals surface area (Å²) in [6, 6.07) is 25.6. The predicted octanol–water partition coefficient (Wildman–Crippen LogP) is 5.98. The van der Waals surface area contributed by atoms with E-state index < -0.39 is 23.3 Å². The number of nitrogens with two attached hydrogens (primary N) is 2. The van der Waals surface area contributed by atoms with E-state index in [9.17, 15) is 28.1 Å². The minimum Gasteiger partial charge on any atom is -0.390 e. The van der Waals surface area contributed by atoms with Gasteiger partial charge in [-0.05, 0) is 97.1 Å².